The van der Waals surface area contributed by atoms with Crippen LogP contribution in [0.3, 0.4) is 0 Å². The first-order valence-corrected chi connectivity index (χ1v) is 23.8. The molecule has 9 rings (SSSR count). The number of nitrogens with zero attached hydrogens (tertiary/aromatic N) is 2. The molecule has 0 heterocycles. The fourth-order valence-corrected chi connectivity index (χ4v) is 8.21. The monoisotopic (exact) mass is 940 g/mol. The van der Waals surface area contributed by atoms with Crippen LogP contribution in [0.1, 0.15) is 44.5 Å². The smallest absolute Gasteiger partial charge is 0.119 e. The average molecular weight is 941 g/mol. The van der Waals surface area contributed by atoms with E-state index in [0.29, 0.717) is 0 Å². The van der Waals surface area contributed by atoms with Gasteiger partial charge in [-0.2, -0.15) is 0 Å². The van der Waals surface area contributed by atoms with Gasteiger partial charge < -0.3 is 28.7 Å². The van der Waals surface area contributed by atoms with Gasteiger partial charge in [-0.25, -0.2) is 0 Å². The normalized spacial score (nSPS) is 11.4. The molecule has 0 aliphatic heterocycles. The first-order chi connectivity index (χ1) is 35.4. The molecule has 9 aromatic rings. The van der Waals surface area contributed by atoms with Crippen LogP contribution >= 0.6 is 0 Å². The van der Waals surface area contributed by atoms with Gasteiger partial charge in [0.15, 0.2) is 0 Å². The van der Waals surface area contributed by atoms with E-state index in [-0.39, 0.29) is 0 Å². The first kappa shape index (κ1) is 47.8. The fourth-order valence-electron chi connectivity index (χ4n) is 8.21. The second kappa shape index (κ2) is 23.4. The minimum absolute atomic E-state index is 0.818. The minimum Gasteiger partial charge on any atom is -0.497 e. The predicted octanol–water partition coefficient (Wildman–Crippen LogP) is 17.3. The molecule has 0 saturated carbocycles. The fraction of sp³-hybridized carbons (Fsp3) is 0.0606. The Morgan fingerprint density at radius 3 is 0.458 bits per heavy atom. The summed E-state index contributed by atoms with van der Waals surface area (Å²) in [6.07, 6.45) is 17.2. The second-order valence-electron chi connectivity index (χ2n) is 17.0. The van der Waals surface area contributed by atoms with Gasteiger partial charge >= 0.3 is 0 Å². The molecule has 0 N–H and O–H groups in total. The van der Waals surface area contributed by atoms with Crippen LogP contribution in [0, 0.1) is 0 Å². The summed E-state index contributed by atoms with van der Waals surface area (Å²) in [6.45, 7) is 0. The Balaban J connectivity index is 0.770. The zero-order valence-corrected chi connectivity index (χ0v) is 40.9. The maximum Gasteiger partial charge on any atom is 0.119 e. The molecule has 72 heavy (non-hydrogen) atoms. The van der Waals surface area contributed by atoms with Crippen LogP contribution in [0.4, 0.5) is 34.1 Å². The van der Waals surface area contributed by atoms with E-state index in [2.05, 4.69) is 228 Å². The first-order valence-electron chi connectivity index (χ1n) is 23.8. The van der Waals surface area contributed by atoms with Gasteiger partial charge in [0.05, 0.1) is 28.4 Å². The largest absolute Gasteiger partial charge is 0.497 e. The van der Waals surface area contributed by atoms with Gasteiger partial charge in [-0.1, -0.05) is 146 Å². The summed E-state index contributed by atoms with van der Waals surface area (Å²) in [5.41, 5.74) is 15.3. The lowest BCUT2D eigenvalue weighted by Gasteiger charge is -2.26. The molecule has 0 atom stereocenters. The molecule has 6 nitrogen and oxygen atoms in total. The maximum absolute atomic E-state index is 5.41. The summed E-state index contributed by atoms with van der Waals surface area (Å²) >= 11 is 0. The molecule has 0 fully saturated rings. The summed E-state index contributed by atoms with van der Waals surface area (Å²) in [7, 11) is 6.73. The van der Waals surface area contributed by atoms with Crippen LogP contribution < -0.4 is 28.7 Å². The molecule has 354 valence electrons. The average Bonchev–Trinajstić information content (AvgIpc) is 3.45. The van der Waals surface area contributed by atoms with E-state index in [1.807, 2.05) is 48.5 Å². The lowest BCUT2D eigenvalue weighted by Crippen LogP contribution is -2.09. The molecular weight excluding hydrogens is 885 g/mol. The molecule has 0 radical (unpaired) electrons. The van der Waals surface area contributed by atoms with Gasteiger partial charge in [0.1, 0.15) is 23.0 Å². The van der Waals surface area contributed by atoms with Gasteiger partial charge in [0.2, 0.25) is 0 Å². The van der Waals surface area contributed by atoms with Crippen molar-refractivity contribution in [1.82, 2.24) is 0 Å². The van der Waals surface area contributed by atoms with Crippen molar-refractivity contribution >= 4 is 82.7 Å². The number of anilines is 6. The molecule has 0 aliphatic carbocycles. The van der Waals surface area contributed by atoms with Gasteiger partial charge in [-0.05, 0) is 166 Å². The van der Waals surface area contributed by atoms with Crippen LogP contribution in [-0.4, -0.2) is 28.4 Å². The summed E-state index contributed by atoms with van der Waals surface area (Å²) in [4.78, 5) is 4.44. The summed E-state index contributed by atoms with van der Waals surface area (Å²) in [6, 6.07) is 75.4. The Bertz CT molecular complexity index is 2930. The van der Waals surface area contributed by atoms with Gasteiger partial charge in [-0.15, -0.1) is 0 Å². The van der Waals surface area contributed by atoms with Crippen molar-refractivity contribution < 1.29 is 18.9 Å². The second-order valence-corrected chi connectivity index (χ2v) is 17.0. The topological polar surface area (TPSA) is 43.4 Å². The molecular formula is C66H56N2O4. The standard InChI is InChI=1S/C66H56N2O4/c1-69-63-41-33-59(34-42-63)67(60-35-43-64(70-2)44-36-60)57-29-25-55(26-30-57)23-21-53-17-13-51(14-18-53)11-9-49-5-7-50(8-6-49)10-12-52-15-19-54(20-16-52)22-24-56-27-31-58(32-28-56)68(61-37-45-65(71-3)46-38-61)62-39-47-66(72-4)48-40-62/h5-48H,1-4H3/b11-9+,12-10+,23-21+,24-22+. The molecule has 9 aromatic carbocycles. The highest BCUT2D eigenvalue weighted by atomic mass is 16.5. The Morgan fingerprint density at radius 2 is 0.319 bits per heavy atom. The van der Waals surface area contributed by atoms with Crippen LogP contribution in [0.25, 0.3) is 48.6 Å². The Labute approximate surface area is 423 Å². The number of rotatable bonds is 18. The molecule has 0 spiro atoms. The number of ether oxygens (including phenoxy) is 4. The molecule has 0 amide bonds. The highest BCUT2D eigenvalue weighted by Crippen LogP contribution is 2.38. The van der Waals surface area contributed by atoms with Crippen molar-refractivity contribution in [3.8, 4) is 23.0 Å². The van der Waals surface area contributed by atoms with Crippen molar-refractivity contribution in [2.75, 3.05) is 38.2 Å². The highest BCUT2D eigenvalue weighted by Gasteiger charge is 2.15. The number of methoxy groups -OCH3 is 4. The molecule has 0 saturated heterocycles. The van der Waals surface area contributed by atoms with Gasteiger partial charge in [-0.3, -0.25) is 0 Å². The van der Waals surface area contributed by atoms with Crippen LogP contribution in [0.15, 0.2) is 218 Å². The van der Waals surface area contributed by atoms with Crippen LogP contribution in [0.5, 0.6) is 23.0 Å². The maximum atomic E-state index is 5.41. The Hall–Kier alpha value is -9.26. The third-order valence-electron chi connectivity index (χ3n) is 12.3. The lowest BCUT2D eigenvalue weighted by atomic mass is 10.1. The molecule has 0 unspecified atom stereocenters. The van der Waals surface area contributed by atoms with E-state index < -0.39 is 0 Å². The Morgan fingerprint density at radius 1 is 0.194 bits per heavy atom. The van der Waals surface area contributed by atoms with Crippen molar-refractivity contribution in [2.45, 2.75) is 0 Å². The third kappa shape index (κ3) is 12.3. The van der Waals surface area contributed by atoms with Crippen LogP contribution in [0.2, 0.25) is 0 Å². The minimum atomic E-state index is 0.818. The van der Waals surface area contributed by atoms with E-state index in [1.54, 1.807) is 28.4 Å². The van der Waals surface area contributed by atoms with Crippen molar-refractivity contribution in [3.05, 3.63) is 263 Å². The lowest BCUT2D eigenvalue weighted by molar-refractivity contribution is 0.414. The molecule has 0 aromatic heterocycles. The zero-order valence-electron chi connectivity index (χ0n) is 40.9. The third-order valence-corrected chi connectivity index (χ3v) is 12.3. The van der Waals surface area contributed by atoms with Gasteiger partial charge in [0.25, 0.3) is 0 Å². The number of benzene rings is 9. The van der Waals surface area contributed by atoms with E-state index in [9.17, 15) is 0 Å². The highest BCUT2D eigenvalue weighted by molar-refractivity contribution is 5.81. The van der Waals surface area contributed by atoms with E-state index in [1.165, 1.54) is 0 Å². The summed E-state index contributed by atoms with van der Waals surface area (Å²) < 4.78 is 21.6. The molecule has 0 aliphatic rings. The molecule has 0 bridgehead atoms. The quantitative estimate of drug-likeness (QED) is 0.0799. The van der Waals surface area contributed by atoms with E-state index in [4.69, 9.17) is 18.9 Å². The van der Waals surface area contributed by atoms with E-state index in [0.717, 1.165) is 102 Å². The van der Waals surface area contributed by atoms with Crippen molar-refractivity contribution in [1.29, 1.82) is 0 Å². The SMILES string of the molecule is COc1ccc(N(c2ccc(/C=C/c3ccc(/C=C/c4ccc(/C=C/c5ccc(/C=C/c6ccc(N(c7ccc(OC)cc7)c7ccc(OC)cc7)cc6)cc5)cc4)cc3)cc2)c2ccc(OC)cc2)cc1. The Kier molecular flexibility index (Phi) is 15.5. The number of hydrogen-bond acceptors (Lipinski definition) is 6. The zero-order chi connectivity index (χ0) is 49.5. The van der Waals surface area contributed by atoms with Crippen LogP contribution in [-0.2, 0) is 0 Å². The number of hydrogen-bond donors (Lipinski definition) is 0. The predicted molar refractivity (Wildman–Crippen MR) is 303 cm³/mol. The summed E-state index contributed by atoms with van der Waals surface area (Å²) in [5, 5.41) is 0. The molecule has 6 heteroatoms. The van der Waals surface area contributed by atoms with E-state index >= 15 is 0 Å². The summed E-state index contributed by atoms with van der Waals surface area (Å²) in [5.74, 6) is 3.27. The van der Waals surface area contributed by atoms with Crippen molar-refractivity contribution in [2.24, 2.45) is 0 Å². The van der Waals surface area contributed by atoms with Gasteiger partial charge in [0, 0.05) is 34.1 Å². The van der Waals surface area contributed by atoms with Crippen molar-refractivity contribution in [3.63, 3.8) is 0 Å².